The summed E-state index contributed by atoms with van der Waals surface area (Å²) < 4.78 is 0. The van der Waals surface area contributed by atoms with Crippen LogP contribution >= 0.6 is 0 Å². The van der Waals surface area contributed by atoms with E-state index >= 15 is 0 Å². The zero-order valence-corrected chi connectivity index (χ0v) is 15.3. The molecule has 0 amide bonds. The number of pyridine rings is 2. The number of hydrogen-bond acceptors (Lipinski definition) is 7. The van der Waals surface area contributed by atoms with Gasteiger partial charge in [0.2, 0.25) is 11.7 Å². The predicted molar refractivity (Wildman–Crippen MR) is 109 cm³/mol. The molecule has 3 aromatic heterocycles. The number of aliphatic hydroxyl groups is 1. The molecule has 0 aliphatic carbocycles. The van der Waals surface area contributed by atoms with Crippen LogP contribution in [-0.2, 0) is 5.72 Å². The quantitative estimate of drug-likeness (QED) is 0.274. The molecule has 8 nitrogen and oxygen atoms in total. The highest BCUT2D eigenvalue weighted by Crippen LogP contribution is 2.17. The molecule has 0 fully saturated rings. The average molecular weight is 375 g/mol. The summed E-state index contributed by atoms with van der Waals surface area (Å²) >= 11 is 0. The molecule has 0 saturated carbocycles. The fourth-order valence-corrected chi connectivity index (χ4v) is 2.49. The van der Waals surface area contributed by atoms with Crippen molar-refractivity contribution in [2.24, 2.45) is 5.73 Å². The zero-order chi connectivity index (χ0) is 20.0. The Hall–Kier alpha value is -3.62. The van der Waals surface area contributed by atoms with Gasteiger partial charge in [0.25, 0.3) is 0 Å². The smallest absolute Gasteiger partial charge is 0.202 e. The van der Waals surface area contributed by atoms with Crippen LogP contribution in [0.4, 0.5) is 5.95 Å². The Bertz CT molecular complexity index is 1010. The standard InChI is InChI=1S/C12H12N4O.C8H9N3/c13-11(9-5-1-3-7-15-9)12(14,17)10-6-2-4-8-16-10;1-9-8-10-6-4-2-3-5-7(6)11-8/h1-8,13,17H,14H2;2-5H,1H3,(H2,9,10,11). The molecular weight excluding hydrogens is 354 g/mol. The minimum atomic E-state index is -1.93. The molecule has 0 radical (unpaired) electrons. The maximum absolute atomic E-state index is 10.2. The van der Waals surface area contributed by atoms with Crippen molar-refractivity contribution in [2.45, 2.75) is 5.72 Å². The van der Waals surface area contributed by atoms with Gasteiger partial charge in [-0.25, -0.2) is 4.98 Å². The van der Waals surface area contributed by atoms with Crippen molar-refractivity contribution < 1.29 is 5.11 Å². The number of anilines is 1. The van der Waals surface area contributed by atoms with Crippen LogP contribution in [0.3, 0.4) is 0 Å². The van der Waals surface area contributed by atoms with Crippen molar-refractivity contribution in [1.82, 2.24) is 19.9 Å². The van der Waals surface area contributed by atoms with Crippen molar-refractivity contribution >= 4 is 22.7 Å². The van der Waals surface area contributed by atoms with Crippen LogP contribution < -0.4 is 11.1 Å². The normalized spacial score (nSPS) is 12.5. The number of H-pyrrole nitrogens is 1. The lowest BCUT2D eigenvalue weighted by Gasteiger charge is -2.22. The van der Waals surface area contributed by atoms with Crippen molar-refractivity contribution in [3.8, 4) is 0 Å². The molecule has 0 saturated heterocycles. The van der Waals surface area contributed by atoms with Crippen LogP contribution in [0.15, 0.2) is 73.1 Å². The first-order chi connectivity index (χ1) is 13.5. The summed E-state index contributed by atoms with van der Waals surface area (Å²) in [6.45, 7) is 0. The largest absolute Gasteiger partial charge is 0.365 e. The molecule has 0 aliphatic rings. The van der Waals surface area contributed by atoms with Gasteiger partial charge in [-0.3, -0.25) is 21.1 Å². The van der Waals surface area contributed by atoms with Crippen LogP contribution in [0.1, 0.15) is 11.4 Å². The first-order valence-corrected chi connectivity index (χ1v) is 8.58. The molecule has 142 valence electrons. The number of fused-ring (bicyclic) bond motifs is 1. The Balaban J connectivity index is 0.000000176. The highest BCUT2D eigenvalue weighted by Gasteiger charge is 2.32. The van der Waals surface area contributed by atoms with Crippen molar-refractivity contribution in [3.63, 3.8) is 0 Å². The minimum Gasteiger partial charge on any atom is -0.365 e. The first-order valence-electron chi connectivity index (χ1n) is 8.58. The maximum atomic E-state index is 10.2. The molecule has 6 N–H and O–H groups in total. The third kappa shape index (κ3) is 4.20. The molecule has 4 aromatic rings. The summed E-state index contributed by atoms with van der Waals surface area (Å²) in [4.78, 5) is 15.3. The van der Waals surface area contributed by atoms with Crippen LogP contribution in [-0.4, -0.2) is 37.8 Å². The molecule has 4 rings (SSSR count). The van der Waals surface area contributed by atoms with E-state index in [0.29, 0.717) is 5.69 Å². The van der Waals surface area contributed by atoms with Crippen molar-refractivity contribution in [2.75, 3.05) is 12.4 Å². The predicted octanol–water partition coefficient (Wildman–Crippen LogP) is 2.25. The number of aromatic nitrogens is 4. The number of imidazole rings is 1. The Morgan fingerprint density at radius 2 is 1.71 bits per heavy atom. The SMILES string of the molecule is CNc1nc2ccccc2[nH]1.N=C(c1ccccn1)C(N)(O)c1ccccn1. The zero-order valence-electron chi connectivity index (χ0n) is 15.3. The van der Waals surface area contributed by atoms with Gasteiger partial charge in [-0.05, 0) is 36.4 Å². The lowest BCUT2D eigenvalue weighted by molar-refractivity contribution is 0.114. The molecule has 3 heterocycles. The van der Waals surface area contributed by atoms with Gasteiger partial charge in [0.1, 0.15) is 5.71 Å². The minimum absolute atomic E-state index is 0.184. The van der Waals surface area contributed by atoms with Gasteiger partial charge < -0.3 is 15.4 Å². The van der Waals surface area contributed by atoms with E-state index in [0.717, 1.165) is 17.0 Å². The van der Waals surface area contributed by atoms with E-state index in [-0.39, 0.29) is 11.4 Å². The number of para-hydroxylation sites is 2. The molecule has 0 bridgehead atoms. The molecule has 1 aromatic carbocycles. The summed E-state index contributed by atoms with van der Waals surface area (Å²) in [7, 11) is 1.84. The van der Waals surface area contributed by atoms with Gasteiger partial charge >= 0.3 is 0 Å². The average Bonchev–Trinajstić information content (AvgIpc) is 3.18. The lowest BCUT2D eigenvalue weighted by atomic mass is 10.0. The van der Waals surface area contributed by atoms with Gasteiger partial charge in [-0.2, -0.15) is 0 Å². The van der Waals surface area contributed by atoms with E-state index in [4.69, 9.17) is 11.1 Å². The number of nitrogens with one attached hydrogen (secondary N) is 3. The molecule has 1 unspecified atom stereocenters. The number of rotatable bonds is 4. The third-order valence-electron chi connectivity index (χ3n) is 3.98. The van der Waals surface area contributed by atoms with Gasteiger partial charge in [-0.15, -0.1) is 0 Å². The monoisotopic (exact) mass is 375 g/mol. The Kier molecular flexibility index (Phi) is 5.73. The number of benzene rings is 1. The molecule has 8 heteroatoms. The van der Waals surface area contributed by atoms with Crippen LogP contribution in [0.5, 0.6) is 0 Å². The van der Waals surface area contributed by atoms with Crippen LogP contribution in [0, 0.1) is 5.41 Å². The summed E-state index contributed by atoms with van der Waals surface area (Å²) in [5, 5.41) is 21.0. The Morgan fingerprint density at radius 3 is 2.32 bits per heavy atom. The second-order valence-electron chi connectivity index (χ2n) is 5.92. The summed E-state index contributed by atoms with van der Waals surface area (Å²) in [6, 6.07) is 18.0. The van der Waals surface area contributed by atoms with Gasteiger partial charge in [0.15, 0.2) is 0 Å². The highest BCUT2D eigenvalue weighted by molar-refractivity contribution is 6.02. The fraction of sp³-hybridized carbons (Fsp3) is 0.100. The second-order valence-corrected chi connectivity index (χ2v) is 5.92. The molecular formula is C20H21N7O. The first kappa shape index (κ1) is 19.2. The second kappa shape index (κ2) is 8.38. The van der Waals surface area contributed by atoms with E-state index in [9.17, 15) is 5.11 Å². The van der Waals surface area contributed by atoms with Crippen LogP contribution in [0.25, 0.3) is 11.0 Å². The van der Waals surface area contributed by atoms with Gasteiger partial charge in [0.05, 0.1) is 22.4 Å². The van der Waals surface area contributed by atoms with Crippen molar-refractivity contribution in [1.29, 1.82) is 5.41 Å². The Labute approximate surface area is 162 Å². The summed E-state index contributed by atoms with van der Waals surface area (Å²) in [5.74, 6) is 0.811. The highest BCUT2D eigenvalue weighted by atomic mass is 16.3. The lowest BCUT2D eigenvalue weighted by Crippen LogP contribution is -2.45. The molecule has 28 heavy (non-hydrogen) atoms. The molecule has 0 spiro atoms. The van der Waals surface area contributed by atoms with Gasteiger partial charge in [-0.1, -0.05) is 24.3 Å². The summed E-state index contributed by atoms with van der Waals surface area (Å²) in [6.07, 6.45) is 3.05. The summed E-state index contributed by atoms with van der Waals surface area (Å²) in [5.41, 5.74) is 6.23. The number of aromatic amines is 1. The topological polar surface area (TPSA) is 137 Å². The van der Waals surface area contributed by atoms with E-state index in [1.54, 1.807) is 42.6 Å². The van der Waals surface area contributed by atoms with Crippen molar-refractivity contribution in [3.05, 3.63) is 84.4 Å². The third-order valence-corrected chi connectivity index (χ3v) is 3.98. The number of nitrogens with zero attached hydrogens (tertiary/aromatic N) is 3. The number of hydrogen-bond donors (Lipinski definition) is 5. The fourth-order valence-electron chi connectivity index (χ4n) is 2.49. The van der Waals surface area contributed by atoms with Crippen LogP contribution in [0.2, 0.25) is 0 Å². The number of nitrogens with two attached hydrogens (primary N) is 1. The van der Waals surface area contributed by atoms with E-state index in [2.05, 4.69) is 25.3 Å². The van der Waals surface area contributed by atoms with E-state index < -0.39 is 5.72 Å². The van der Waals surface area contributed by atoms with E-state index in [1.807, 2.05) is 31.3 Å². The Morgan fingerprint density at radius 1 is 1.04 bits per heavy atom. The maximum Gasteiger partial charge on any atom is 0.202 e. The van der Waals surface area contributed by atoms with E-state index in [1.165, 1.54) is 6.20 Å². The molecule has 0 aliphatic heterocycles. The van der Waals surface area contributed by atoms with Gasteiger partial charge in [0, 0.05) is 19.4 Å². The molecule has 1 atom stereocenters.